The summed E-state index contributed by atoms with van der Waals surface area (Å²) in [6, 6.07) is 4.47. The Bertz CT molecular complexity index is 379. The Morgan fingerprint density at radius 3 is 2.37 bits per heavy atom. The van der Waals surface area contributed by atoms with Crippen LogP contribution in [0.4, 0.5) is 0 Å². The predicted molar refractivity (Wildman–Crippen MR) is 82.7 cm³/mol. The van der Waals surface area contributed by atoms with E-state index in [1.807, 2.05) is 11.3 Å². The molecule has 0 atom stereocenters. The predicted octanol–water partition coefficient (Wildman–Crippen LogP) is 3.27. The van der Waals surface area contributed by atoms with E-state index in [0.29, 0.717) is 0 Å². The molecule has 1 heterocycles. The van der Waals surface area contributed by atoms with E-state index < -0.39 is 0 Å². The highest BCUT2D eigenvalue weighted by Gasteiger charge is 2.28. The van der Waals surface area contributed by atoms with Gasteiger partial charge in [-0.1, -0.05) is 0 Å². The molecule has 2 aliphatic rings. The molecule has 0 bridgehead atoms. The number of hydrogen-bond acceptors (Lipinski definition) is 3. The van der Waals surface area contributed by atoms with Crippen LogP contribution in [0, 0.1) is 18.8 Å². The summed E-state index contributed by atoms with van der Waals surface area (Å²) in [5, 5.41) is 3.60. The Kier molecular flexibility index (Phi) is 4.57. The van der Waals surface area contributed by atoms with E-state index in [-0.39, 0.29) is 0 Å². The summed E-state index contributed by atoms with van der Waals surface area (Å²) < 4.78 is 0. The lowest BCUT2D eigenvalue weighted by Crippen LogP contribution is -2.34. The van der Waals surface area contributed by atoms with Crippen LogP contribution >= 0.6 is 11.3 Å². The lowest BCUT2D eigenvalue weighted by Gasteiger charge is -2.22. The van der Waals surface area contributed by atoms with E-state index in [9.17, 15) is 0 Å². The molecule has 1 N–H and O–H groups in total. The molecule has 1 aromatic heterocycles. The van der Waals surface area contributed by atoms with Crippen molar-refractivity contribution >= 4 is 11.3 Å². The number of nitrogens with one attached hydrogen (secondary N) is 1. The maximum Gasteiger partial charge on any atom is 0.0300 e. The largest absolute Gasteiger partial charge is 0.311 e. The lowest BCUT2D eigenvalue weighted by molar-refractivity contribution is 0.252. The second-order valence-corrected chi connectivity index (χ2v) is 7.71. The van der Waals surface area contributed by atoms with Gasteiger partial charge in [-0.25, -0.2) is 0 Å². The number of hydrogen-bond donors (Lipinski definition) is 1. The summed E-state index contributed by atoms with van der Waals surface area (Å²) in [7, 11) is 0. The van der Waals surface area contributed by atoms with E-state index in [4.69, 9.17) is 0 Å². The zero-order valence-corrected chi connectivity index (χ0v) is 12.8. The van der Waals surface area contributed by atoms with Gasteiger partial charge < -0.3 is 10.2 Å². The van der Waals surface area contributed by atoms with Crippen LogP contribution < -0.4 is 5.32 Å². The molecule has 2 nitrogen and oxygen atoms in total. The molecule has 0 spiro atoms. The fourth-order valence-electron chi connectivity index (χ4n) is 2.62. The summed E-state index contributed by atoms with van der Waals surface area (Å²) in [5.41, 5.74) is 0. The van der Waals surface area contributed by atoms with Gasteiger partial charge >= 0.3 is 0 Å². The Balaban J connectivity index is 1.33. The van der Waals surface area contributed by atoms with Crippen molar-refractivity contribution in [3.8, 4) is 0 Å². The lowest BCUT2D eigenvalue weighted by atomic mass is 10.3. The topological polar surface area (TPSA) is 15.3 Å². The summed E-state index contributed by atoms with van der Waals surface area (Å²) in [6.45, 7) is 8.31. The maximum atomic E-state index is 3.60. The Morgan fingerprint density at radius 1 is 1.16 bits per heavy atom. The van der Waals surface area contributed by atoms with Crippen molar-refractivity contribution in [1.82, 2.24) is 10.2 Å². The molecule has 0 aliphatic heterocycles. The third-order valence-electron chi connectivity index (χ3n) is 4.13. The summed E-state index contributed by atoms with van der Waals surface area (Å²) in [6.07, 6.45) is 5.90. The molecule has 2 saturated carbocycles. The fraction of sp³-hybridized carbons (Fsp3) is 0.750. The van der Waals surface area contributed by atoms with E-state index in [2.05, 4.69) is 29.3 Å². The molecule has 0 amide bonds. The second-order valence-electron chi connectivity index (χ2n) is 6.34. The highest BCUT2D eigenvalue weighted by molar-refractivity contribution is 7.11. The smallest absolute Gasteiger partial charge is 0.0300 e. The molecular weight excluding hydrogens is 252 g/mol. The van der Waals surface area contributed by atoms with Crippen molar-refractivity contribution in [2.75, 3.05) is 26.2 Å². The van der Waals surface area contributed by atoms with E-state index in [1.165, 1.54) is 55.1 Å². The van der Waals surface area contributed by atoms with Gasteiger partial charge in [0.1, 0.15) is 0 Å². The minimum absolute atomic E-state index is 1.03. The molecule has 3 rings (SSSR count). The Morgan fingerprint density at radius 2 is 1.84 bits per heavy atom. The number of aryl methyl sites for hydroxylation is 1. The standard InChI is InChI=1S/C16H26N2S/c1-13-2-7-16(19-13)10-17-8-9-18(11-14-3-4-14)12-15-5-6-15/h2,7,14-15,17H,3-6,8-12H2,1H3. The van der Waals surface area contributed by atoms with Crippen molar-refractivity contribution < 1.29 is 0 Å². The Labute approximate surface area is 121 Å². The van der Waals surface area contributed by atoms with Crippen molar-refractivity contribution in [3.63, 3.8) is 0 Å². The number of thiophene rings is 1. The highest BCUT2D eigenvalue weighted by atomic mass is 32.1. The molecule has 19 heavy (non-hydrogen) atoms. The molecular formula is C16H26N2S. The van der Waals surface area contributed by atoms with Gasteiger partial charge in [0.05, 0.1) is 0 Å². The first-order chi connectivity index (χ1) is 9.29. The van der Waals surface area contributed by atoms with Crippen LogP contribution in [0.15, 0.2) is 12.1 Å². The van der Waals surface area contributed by atoms with Gasteiger partial charge in [-0.3, -0.25) is 0 Å². The molecule has 2 fully saturated rings. The first-order valence-electron chi connectivity index (χ1n) is 7.78. The van der Waals surface area contributed by atoms with Crippen LogP contribution in [-0.2, 0) is 6.54 Å². The van der Waals surface area contributed by atoms with Crippen LogP contribution in [-0.4, -0.2) is 31.1 Å². The summed E-state index contributed by atoms with van der Waals surface area (Å²) in [5.74, 6) is 2.05. The molecule has 3 heteroatoms. The SMILES string of the molecule is Cc1ccc(CNCCN(CC2CC2)CC2CC2)s1. The van der Waals surface area contributed by atoms with Gasteiger partial charge in [0.15, 0.2) is 0 Å². The van der Waals surface area contributed by atoms with E-state index in [0.717, 1.165) is 24.9 Å². The second kappa shape index (κ2) is 6.38. The maximum absolute atomic E-state index is 3.60. The zero-order valence-electron chi connectivity index (χ0n) is 12.0. The van der Waals surface area contributed by atoms with Gasteiger partial charge in [-0.2, -0.15) is 0 Å². The molecule has 0 saturated heterocycles. The normalized spacial score (nSPS) is 19.3. The van der Waals surface area contributed by atoms with Gasteiger partial charge in [0.25, 0.3) is 0 Å². The quantitative estimate of drug-likeness (QED) is 0.698. The zero-order chi connectivity index (χ0) is 13.1. The van der Waals surface area contributed by atoms with Crippen LogP contribution in [0.25, 0.3) is 0 Å². The van der Waals surface area contributed by atoms with Crippen LogP contribution in [0.1, 0.15) is 35.4 Å². The van der Waals surface area contributed by atoms with Crippen molar-refractivity contribution in [1.29, 1.82) is 0 Å². The molecule has 0 radical (unpaired) electrons. The minimum Gasteiger partial charge on any atom is -0.311 e. The molecule has 0 unspecified atom stereocenters. The van der Waals surface area contributed by atoms with Gasteiger partial charge in [-0.05, 0) is 56.6 Å². The van der Waals surface area contributed by atoms with Gasteiger partial charge in [0.2, 0.25) is 0 Å². The van der Waals surface area contributed by atoms with Crippen molar-refractivity contribution in [3.05, 3.63) is 21.9 Å². The van der Waals surface area contributed by atoms with Crippen LogP contribution in [0.2, 0.25) is 0 Å². The van der Waals surface area contributed by atoms with Gasteiger partial charge in [0, 0.05) is 42.5 Å². The minimum atomic E-state index is 1.03. The summed E-state index contributed by atoms with van der Waals surface area (Å²) in [4.78, 5) is 5.59. The highest BCUT2D eigenvalue weighted by Crippen LogP contribution is 2.33. The first-order valence-corrected chi connectivity index (χ1v) is 8.59. The number of nitrogens with zero attached hydrogens (tertiary/aromatic N) is 1. The molecule has 106 valence electrons. The van der Waals surface area contributed by atoms with Crippen LogP contribution in [0.3, 0.4) is 0 Å². The molecule has 1 aromatic rings. The average Bonchev–Trinajstić information content (AvgIpc) is 3.29. The van der Waals surface area contributed by atoms with Crippen molar-refractivity contribution in [2.45, 2.75) is 39.2 Å². The fourth-order valence-corrected chi connectivity index (χ4v) is 3.48. The molecule has 2 aliphatic carbocycles. The third-order valence-corrected chi connectivity index (χ3v) is 5.13. The average molecular weight is 278 g/mol. The van der Waals surface area contributed by atoms with Crippen LogP contribution in [0.5, 0.6) is 0 Å². The van der Waals surface area contributed by atoms with Crippen molar-refractivity contribution in [2.24, 2.45) is 11.8 Å². The molecule has 0 aromatic carbocycles. The number of rotatable bonds is 9. The van der Waals surface area contributed by atoms with E-state index >= 15 is 0 Å². The van der Waals surface area contributed by atoms with E-state index in [1.54, 1.807) is 0 Å². The monoisotopic (exact) mass is 278 g/mol. The third kappa shape index (κ3) is 4.90. The van der Waals surface area contributed by atoms with Gasteiger partial charge in [-0.15, -0.1) is 11.3 Å². The summed E-state index contributed by atoms with van der Waals surface area (Å²) >= 11 is 1.91. The first kappa shape index (κ1) is 13.6. The Hall–Kier alpha value is -0.380.